The summed E-state index contributed by atoms with van der Waals surface area (Å²) in [5.41, 5.74) is 6.37. The Hall–Kier alpha value is -3.33. The molecule has 0 atom stereocenters. The van der Waals surface area contributed by atoms with Crippen molar-refractivity contribution in [1.82, 2.24) is 10.9 Å². The quantitative estimate of drug-likeness (QED) is 0.744. The maximum absolute atomic E-state index is 11.7. The summed E-state index contributed by atoms with van der Waals surface area (Å²) in [5, 5.41) is 11.6. The van der Waals surface area contributed by atoms with Crippen molar-refractivity contribution in [1.29, 1.82) is 5.26 Å². The normalized spacial score (nSPS) is 9.41. The Morgan fingerprint density at radius 3 is 2.27 bits per heavy atom. The molecule has 0 aromatic heterocycles. The average Bonchev–Trinajstić information content (AvgIpc) is 2.59. The highest BCUT2D eigenvalue weighted by molar-refractivity contribution is 5.95. The lowest BCUT2D eigenvalue weighted by molar-refractivity contribution is -0.120. The molecule has 0 aliphatic carbocycles. The molecule has 0 fully saturated rings. The highest BCUT2D eigenvalue weighted by Gasteiger charge is 2.06. The molecule has 0 aliphatic heterocycles. The number of hydrogen-bond donors (Lipinski definition) is 3. The van der Waals surface area contributed by atoms with E-state index in [2.05, 4.69) is 16.2 Å². The van der Waals surface area contributed by atoms with Crippen LogP contribution >= 0.6 is 0 Å². The van der Waals surface area contributed by atoms with Gasteiger partial charge in [-0.05, 0) is 36.4 Å². The molecule has 0 unspecified atom stereocenters. The second-order valence-electron chi connectivity index (χ2n) is 4.41. The van der Waals surface area contributed by atoms with Crippen molar-refractivity contribution in [3.63, 3.8) is 0 Å². The smallest absolute Gasteiger partial charge is 0.269 e. The van der Waals surface area contributed by atoms with Gasteiger partial charge in [0.25, 0.3) is 11.8 Å². The molecule has 0 heterocycles. The largest absolute Gasteiger partial charge is 0.376 e. The van der Waals surface area contributed by atoms with Crippen LogP contribution in [0.1, 0.15) is 15.9 Å². The molecule has 6 heteroatoms. The number of rotatable bonds is 4. The fraction of sp³-hybridized carbons (Fsp3) is 0.0625. The van der Waals surface area contributed by atoms with Crippen molar-refractivity contribution in [2.24, 2.45) is 0 Å². The van der Waals surface area contributed by atoms with Crippen LogP contribution < -0.4 is 16.2 Å². The first-order chi connectivity index (χ1) is 10.7. The molecule has 22 heavy (non-hydrogen) atoms. The third kappa shape index (κ3) is 4.35. The van der Waals surface area contributed by atoms with E-state index in [1.54, 1.807) is 54.6 Å². The Morgan fingerprint density at radius 2 is 1.64 bits per heavy atom. The minimum absolute atomic E-state index is 0.000962. The van der Waals surface area contributed by atoms with E-state index >= 15 is 0 Å². The Labute approximate surface area is 127 Å². The van der Waals surface area contributed by atoms with Gasteiger partial charge in [-0.1, -0.05) is 18.2 Å². The van der Waals surface area contributed by atoms with Crippen molar-refractivity contribution >= 4 is 17.5 Å². The van der Waals surface area contributed by atoms with E-state index < -0.39 is 0 Å². The molecule has 2 amide bonds. The number of carbonyl (C=O) groups is 2. The summed E-state index contributed by atoms with van der Waals surface area (Å²) in [6, 6.07) is 17.3. The fourth-order valence-corrected chi connectivity index (χ4v) is 1.68. The third-order valence-electron chi connectivity index (χ3n) is 2.82. The zero-order valence-corrected chi connectivity index (χ0v) is 11.7. The van der Waals surface area contributed by atoms with Crippen LogP contribution in [0.15, 0.2) is 54.6 Å². The molecule has 2 aromatic rings. The average molecular weight is 294 g/mol. The van der Waals surface area contributed by atoms with Crippen LogP contribution in [0.5, 0.6) is 0 Å². The van der Waals surface area contributed by atoms with Gasteiger partial charge in [-0.15, -0.1) is 0 Å². The standard InChI is InChI=1S/C16H14N4O2/c17-10-12-6-8-14(9-7-12)18-11-15(21)19-20-16(22)13-4-2-1-3-5-13/h1-9,18H,11H2,(H,19,21)(H,20,22). The van der Waals surface area contributed by atoms with Crippen LogP contribution in [0.2, 0.25) is 0 Å². The van der Waals surface area contributed by atoms with Crippen molar-refractivity contribution in [3.05, 3.63) is 65.7 Å². The Kier molecular flexibility index (Phi) is 5.10. The molecule has 0 radical (unpaired) electrons. The SMILES string of the molecule is N#Cc1ccc(NCC(=O)NNC(=O)c2ccccc2)cc1. The topological polar surface area (TPSA) is 94.0 Å². The molecule has 110 valence electrons. The molecule has 2 aromatic carbocycles. The van der Waals surface area contributed by atoms with Crippen LogP contribution in [0.25, 0.3) is 0 Å². The van der Waals surface area contributed by atoms with Gasteiger partial charge in [0.2, 0.25) is 0 Å². The summed E-state index contributed by atoms with van der Waals surface area (Å²) in [5.74, 6) is -0.763. The number of carbonyl (C=O) groups excluding carboxylic acids is 2. The Balaban J connectivity index is 1.76. The van der Waals surface area contributed by atoms with Crippen LogP contribution in [0.3, 0.4) is 0 Å². The van der Waals surface area contributed by atoms with Crippen LogP contribution in [0, 0.1) is 11.3 Å². The van der Waals surface area contributed by atoms with E-state index in [0.29, 0.717) is 16.8 Å². The van der Waals surface area contributed by atoms with E-state index in [1.807, 2.05) is 6.07 Å². The van der Waals surface area contributed by atoms with Gasteiger partial charge in [-0.2, -0.15) is 5.26 Å². The number of nitrogens with one attached hydrogen (secondary N) is 3. The first-order valence-corrected chi connectivity index (χ1v) is 6.57. The van der Waals surface area contributed by atoms with E-state index in [0.717, 1.165) is 0 Å². The molecule has 0 saturated heterocycles. The number of amides is 2. The summed E-state index contributed by atoms with van der Waals surface area (Å²) < 4.78 is 0. The lowest BCUT2D eigenvalue weighted by Crippen LogP contribution is -2.44. The van der Waals surface area contributed by atoms with Crippen LogP contribution in [-0.4, -0.2) is 18.4 Å². The van der Waals surface area contributed by atoms with Gasteiger partial charge in [0, 0.05) is 11.3 Å². The van der Waals surface area contributed by atoms with Crippen molar-refractivity contribution in [2.45, 2.75) is 0 Å². The number of nitriles is 1. The van der Waals surface area contributed by atoms with E-state index in [1.165, 1.54) is 0 Å². The first-order valence-electron chi connectivity index (χ1n) is 6.57. The molecule has 2 rings (SSSR count). The van der Waals surface area contributed by atoms with Crippen LogP contribution in [0.4, 0.5) is 5.69 Å². The molecular weight excluding hydrogens is 280 g/mol. The first kappa shape index (κ1) is 15.1. The maximum Gasteiger partial charge on any atom is 0.269 e. The van der Waals surface area contributed by atoms with Crippen molar-refractivity contribution in [2.75, 3.05) is 11.9 Å². The van der Waals surface area contributed by atoms with Gasteiger partial charge >= 0.3 is 0 Å². The van der Waals surface area contributed by atoms with Gasteiger partial charge in [-0.3, -0.25) is 20.4 Å². The van der Waals surface area contributed by atoms with E-state index in [9.17, 15) is 9.59 Å². The van der Waals surface area contributed by atoms with Gasteiger partial charge in [-0.25, -0.2) is 0 Å². The van der Waals surface area contributed by atoms with Crippen LogP contribution in [-0.2, 0) is 4.79 Å². The molecule has 6 nitrogen and oxygen atoms in total. The molecule has 0 aliphatic rings. The zero-order chi connectivity index (χ0) is 15.8. The molecular formula is C16H14N4O2. The van der Waals surface area contributed by atoms with E-state index in [-0.39, 0.29) is 18.4 Å². The lowest BCUT2D eigenvalue weighted by Gasteiger charge is -2.09. The highest BCUT2D eigenvalue weighted by atomic mass is 16.2. The molecule has 0 bridgehead atoms. The van der Waals surface area contributed by atoms with Gasteiger partial charge in [0.15, 0.2) is 0 Å². The molecule has 0 spiro atoms. The highest BCUT2D eigenvalue weighted by Crippen LogP contribution is 2.07. The third-order valence-corrected chi connectivity index (χ3v) is 2.82. The monoisotopic (exact) mass is 294 g/mol. The molecule has 0 saturated carbocycles. The van der Waals surface area contributed by atoms with Gasteiger partial charge in [0.05, 0.1) is 18.2 Å². The summed E-state index contributed by atoms with van der Waals surface area (Å²) in [4.78, 5) is 23.4. The van der Waals surface area contributed by atoms with Gasteiger partial charge < -0.3 is 5.32 Å². The van der Waals surface area contributed by atoms with Crippen molar-refractivity contribution < 1.29 is 9.59 Å². The number of nitrogens with zero attached hydrogens (tertiary/aromatic N) is 1. The fourth-order valence-electron chi connectivity index (χ4n) is 1.68. The predicted molar refractivity (Wildman–Crippen MR) is 81.7 cm³/mol. The number of anilines is 1. The summed E-state index contributed by atoms with van der Waals surface area (Å²) in [6.45, 7) is 0.000962. The zero-order valence-electron chi connectivity index (χ0n) is 11.7. The number of hydrogen-bond acceptors (Lipinski definition) is 4. The number of benzene rings is 2. The predicted octanol–water partition coefficient (Wildman–Crippen LogP) is 1.43. The summed E-state index contributed by atoms with van der Waals surface area (Å²) >= 11 is 0. The minimum atomic E-state index is -0.382. The summed E-state index contributed by atoms with van der Waals surface area (Å²) in [7, 11) is 0. The number of hydrazine groups is 1. The Morgan fingerprint density at radius 1 is 0.955 bits per heavy atom. The minimum Gasteiger partial charge on any atom is -0.376 e. The van der Waals surface area contributed by atoms with E-state index in [4.69, 9.17) is 5.26 Å². The second kappa shape index (κ2) is 7.45. The molecule has 3 N–H and O–H groups in total. The maximum atomic E-state index is 11.7. The van der Waals surface area contributed by atoms with Gasteiger partial charge in [0.1, 0.15) is 0 Å². The lowest BCUT2D eigenvalue weighted by atomic mass is 10.2. The Bertz CT molecular complexity index is 690. The summed E-state index contributed by atoms with van der Waals surface area (Å²) in [6.07, 6.45) is 0. The van der Waals surface area contributed by atoms with Crippen molar-refractivity contribution in [3.8, 4) is 6.07 Å². The second-order valence-corrected chi connectivity index (χ2v) is 4.41.